The SMILES string of the molecule is CC(C)Oc1ccc(-c2nc(C3=CCCC4=C3CC[C@@H]4NS(=O)(=O)CC(=O)N3CC(O)C3)no2)cc1N. The lowest BCUT2D eigenvalue weighted by molar-refractivity contribution is -0.138. The number of amides is 1. The predicted molar refractivity (Wildman–Crippen MR) is 137 cm³/mol. The van der Waals surface area contributed by atoms with E-state index < -0.39 is 27.8 Å². The van der Waals surface area contributed by atoms with E-state index in [0.717, 1.165) is 29.6 Å². The Morgan fingerprint density at radius 2 is 2.11 bits per heavy atom. The third kappa shape index (κ3) is 5.41. The van der Waals surface area contributed by atoms with E-state index in [0.29, 0.717) is 41.6 Å². The molecular weight excluding hydrogens is 498 g/mol. The van der Waals surface area contributed by atoms with Crippen LogP contribution in [0.3, 0.4) is 0 Å². The van der Waals surface area contributed by atoms with E-state index in [1.54, 1.807) is 12.1 Å². The fraction of sp³-hybridized carbons (Fsp3) is 0.480. The van der Waals surface area contributed by atoms with Crippen LogP contribution in [-0.2, 0) is 14.8 Å². The van der Waals surface area contributed by atoms with Gasteiger partial charge in [0.05, 0.1) is 17.9 Å². The van der Waals surface area contributed by atoms with Crippen LogP contribution in [0.2, 0.25) is 0 Å². The van der Waals surface area contributed by atoms with Crippen LogP contribution in [0.1, 0.15) is 45.4 Å². The number of anilines is 1. The van der Waals surface area contributed by atoms with Crippen molar-refractivity contribution in [2.75, 3.05) is 24.6 Å². The number of likely N-dealkylation sites (tertiary alicyclic amines) is 1. The van der Waals surface area contributed by atoms with Gasteiger partial charge in [-0.2, -0.15) is 4.98 Å². The Kier molecular flexibility index (Phi) is 6.82. The van der Waals surface area contributed by atoms with Crippen molar-refractivity contribution in [2.24, 2.45) is 0 Å². The first-order valence-electron chi connectivity index (χ1n) is 12.4. The summed E-state index contributed by atoms with van der Waals surface area (Å²) in [6.45, 7) is 4.21. The summed E-state index contributed by atoms with van der Waals surface area (Å²) in [5.41, 5.74) is 10.1. The van der Waals surface area contributed by atoms with E-state index in [1.807, 2.05) is 19.9 Å². The van der Waals surface area contributed by atoms with Crippen molar-refractivity contribution >= 4 is 27.2 Å². The minimum absolute atomic E-state index is 0.00128. The number of nitrogen functional groups attached to an aromatic ring is 1. The van der Waals surface area contributed by atoms with Crippen molar-refractivity contribution in [1.82, 2.24) is 19.8 Å². The van der Waals surface area contributed by atoms with Gasteiger partial charge in [0.15, 0.2) is 0 Å². The fourth-order valence-electron chi connectivity index (χ4n) is 4.98. The van der Waals surface area contributed by atoms with E-state index >= 15 is 0 Å². The number of hydrogen-bond acceptors (Lipinski definition) is 9. The van der Waals surface area contributed by atoms with E-state index in [2.05, 4.69) is 20.9 Å². The normalized spacial score (nSPS) is 20.2. The zero-order valence-corrected chi connectivity index (χ0v) is 21.6. The minimum Gasteiger partial charge on any atom is -0.489 e. The van der Waals surface area contributed by atoms with E-state index in [4.69, 9.17) is 15.0 Å². The Balaban J connectivity index is 1.30. The fourth-order valence-corrected chi connectivity index (χ4v) is 6.27. The highest BCUT2D eigenvalue weighted by molar-refractivity contribution is 7.90. The summed E-state index contributed by atoms with van der Waals surface area (Å²) >= 11 is 0. The topological polar surface area (TPSA) is 161 Å². The molecule has 1 amide bonds. The Morgan fingerprint density at radius 1 is 1.32 bits per heavy atom. The predicted octanol–water partition coefficient (Wildman–Crippen LogP) is 1.86. The molecule has 4 N–H and O–H groups in total. The molecule has 1 aliphatic heterocycles. The standard InChI is InChI=1S/C25H31N5O6S/c1-14(2)35-22-9-6-15(10-20(22)26)25-27-24(28-36-25)19-5-3-4-18-17(19)7-8-21(18)29-37(33,34)13-23(32)30-11-16(31)12-30/h5-6,9-10,14,16,21,29,31H,3-4,7-8,11-13,26H2,1-2H3/t21-/m0/s1. The first-order chi connectivity index (χ1) is 17.6. The molecule has 2 aromatic rings. The number of carbonyl (C=O) groups is 1. The van der Waals surface area contributed by atoms with Gasteiger partial charge in [-0.3, -0.25) is 4.79 Å². The number of aromatic nitrogens is 2. The molecule has 1 saturated heterocycles. The Hall–Kier alpha value is -3.22. The Bertz CT molecular complexity index is 1370. The lowest BCUT2D eigenvalue weighted by atomic mass is 9.91. The molecule has 0 unspecified atom stereocenters. The molecule has 0 bridgehead atoms. The van der Waals surface area contributed by atoms with Gasteiger partial charge in [0.2, 0.25) is 21.8 Å². The quantitative estimate of drug-likeness (QED) is 0.434. The molecule has 3 aliphatic rings. The summed E-state index contributed by atoms with van der Waals surface area (Å²) in [4.78, 5) is 18.2. The molecule has 198 valence electrons. The zero-order chi connectivity index (χ0) is 26.3. The monoisotopic (exact) mass is 529 g/mol. The maximum atomic E-state index is 12.7. The van der Waals surface area contributed by atoms with Gasteiger partial charge >= 0.3 is 0 Å². The molecule has 11 nitrogen and oxygen atoms in total. The van der Waals surface area contributed by atoms with Gasteiger partial charge in [-0.1, -0.05) is 11.2 Å². The molecule has 0 saturated carbocycles. The number of β-amino-alcohol motifs (C(OH)–C–C–N with tert-alkyl or cyclic N) is 1. The van der Waals surface area contributed by atoms with Crippen LogP contribution in [0, 0.1) is 0 Å². The summed E-state index contributed by atoms with van der Waals surface area (Å²) in [5, 5.41) is 13.6. The summed E-state index contributed by atoms with van der Waals surface area (Å²) in [7, 11) is -3.83. The van der Waals surface area contributed by atoms with Gasteiger partial charge in [-0.15, -0.1) is 0 Å². The van der Waals surface area contributed by atoms with Crippen molar-refractivity contribution in [3.63, 3.8) is 0 Å². The van der Waals surface area contributed by atoms with Crippen LogP contribution < -0.4 is 15.2 Å². The van der Waals surface area contributed by atoms with Crippen LogP contribution in [0.5, 0.6) is 5.75 Å². The van der Waals surface area contributed by atoms with Crippen molar-refractivity contribution in [2.45, 2.75) is 57.8 Å². The summed E-state index contributed by atoms with van der Waals surface area (Å²) in [5.74, 6) is 0.235. The van der Waals surface area contributed by atoms with Crippen molar-refractivity contribution in [3.05, 3.63) is 41.2 Å². The lowest BCUT2D eigenvalue weighted by Gasteiger charge is -2.35. The van der Waals surface area contributed by atoms with Crippen LogP contribution in [0.4, 0.5) is 5.69 Å². The number of allylic oxidation sites excluding steroid dienone is 3. The van der Waals surface area contributed by atoms with E-state index in [1.165, 1.54) is 4.90 Å². The lowest BCUT2D eigenvalue weighted by Crippen LogP contribution is -2.55. The molecular formula is C25H31N5O6S. The van der Waals surface area contributed by atoms with Gasteiger partial charge in [-0.25, -0.2) is 13.1 Å². The highest BCUT2D eigenvalue weighted by Gasteiger charge is 2.36. The number of aliphatic hydroxyl groups excluding tert-OH is 1. The highest BCUT2D eigenvalue weighted by Crippen LogP contribution is 2.42. The number of hydrogen-bond donors (Lipinski definition) is 3. The third-order valence-corrected chi connectivity index (χ3v) is 7.99. The maximum Gasteiger partial charge on any atom is 0.258 e. The second-order valence-corrected chi connectivity index (χ2v) is 11.7. The second kappa shape index (κ2) is 9.92. The maximum absolute atomic E-state index is 12.7. The Morgan fingerprint density at radius 3 is 2.81 bits per heavy atom. The van der Waals surface area contributed by atoms with Gasteiger partial charge < -0.3 is 25.0 Å². The average molecular weight is 530 g/mol. The van der Waals surface area contributed by atoms with E-state index in [-0.39, 0.29) is 25.2 Å². The molecule has 1 aromatic heterocycles. The first kappa shape index (κ1) is 25.4. The van der Waals surface area contributed by atoms with Crippen LogP contribution in [-0.4, -0.2) is 71.6 Å². The molecule has 5 rings (SSSR count). The number of nitrogens with two attached hydrogens (primary N) is 1. The summed E-state index contributed by atoms with van der Waals surface area (Å²) in [6, 6.07) is 4.95. The Labute approximate surface area is 215 Å². The number of carbonyl (C=O) groups excluding carboxylic acids is 1. The van der Waals surface area contributed by atoms with Gasteiger partial charge in [0.25, 0.3) is 5.89 Å². The van der Waals surface area contributed by atoms with Crippen LogP contribution >= 0.6 is 0 Å². The summed E-state index contributed by atoms with van der Waals surface area (Å²) < 4.78 is 39.3. The summed E-state index contributed by atoms with van der Waals surface area (Å²) in [6.07, 6.45) is 4.17. The van der Waals surface area contributed by atoms with Gasteiger partial charge in [-0.05, 0) is 68.9 Å². The third-order valence-electron chi connectivity index (χ3n) is 6.72. The number of benzene rings is 1. The molecule has 0 radical (unpaired) electrons. The number of rotatable bonds is 8. The first-order valence-corrected chi connectivity index (χ1v) is 14.0. The number of sulfonamides is 1. The number of nitrogens with zero attached hydrogens (tertiary/aromatic N) is 3. The minimum atomic E-state index is -3.83. The van der Waals surface area contributed by atoms with Crippen molar-refractivity contribution in [1.29, 1.82) is 0 Å². The highest BCUT2D eigenvalue weighted by atomic mass is 32.2. The van der Waals surface area contributed by atoms with Gasteiger partial charge in [0.1, 0.15) is 11.5 Å². The number of aliphatic hydroxyl groups is 1. The molecule has 1 fully saturated rings. The van der Waals surface area contributed by atoms with Crippen molar-refractivity contribution in [3.8, 4) is 17.2 Å². The number of ether oxygens (including phenoxy) is 1. The smallest absolute Gasteiger partial charge is 0.258 e. The van der Waals surface area contributed by atoms with Crippen LogP contribution in [0.25, 0.3) is 17.0 Å². The number of nitrogens with one attached hydrogen (secondary N) is 1. The van der Waals surface area contributed by atoms with Crippen molar-refractivity contribution < 1.29 is 27.6 Å². The zero-order valence-electron chi connectivity index (χ0n) is 20.8. The van der Waals surface area contributed by atoms with E-state index in [9.17, 15) is 18.3 Å². The molecule has 12 heteroatoms. The molecule has 2 aliphatic carbocycles. The molecule has 1 aromatic carbocycles. The average Bonchev–Trinajstić information content (AvgIpc) is 3.45. The molecule has 37 heavy (non-hydrogen) atoms. The van der Waals surface area contributed by atoms with Gasteiger partial charge in [0, 0.05) is 30.3 Å². The van der Waals surface area contributed by atoms with Crippen LogP contribution in [0.15, 0.2) is 39.9 Å². The second-order valence-electron chi connectivity index (χ2n) is 9.92. The largest absolute Gasteiger partial charge is 0.489 e. The molecule has 2 heterocycles. The molecule has 0 spiro atoms. The molecule has 1 atom stereocenters.